The van der Waals surface area contributed by atoms with E-state index in [-0.39, 0.29) is 35.2 Å². The summed E-state index contributed by atoms with van der Waals surface area (Å²) in [5.74, 6) is -1.35. The summed E-state index contributed by atoms with van der Waals surface area (Å²) >= 11 is 5.52. The molecule has 0 saturated carbocycles. The SMILES string of the molecule is Nc1cc(N)c(OCCCC(F)(F)F)c(F)c1Cl. The first-order valence-electron chi connectivity index (χ1n) is 4.95. The molecule has 0 aliphatic carbocycles. The Morgan fingerprint density at radius 2 is 1.83 bits per heavy atom. The highest BCUT2D eigenvalue weighted by Gasteiger charge is 2.26. The van der Waals surface area contributed by atoms with Crippen LogP contribution in [0.1, 0.15) is 12.8 Å². The second-order valence-electron chi connectivity index (χ2n) is 3.58. The van der Waals surface area contributed by atoms with E-state index in [1.54, 1.807) is 0 Å². The minimum Gasteiger partial charge on any atom is -0.488 e. The van der Waals surface area contributed by atoms with E-state index in [2.05, 4.69) is 0 Å². The number of nitrogen functional groups attached to an aromatic ring is 2. The van der Waals surface area contributed by atoms with Crippen LogP contribution in [0.3, 0.4) is 0 Å². The van der Waals surface area contributed by atoms with Gasteiger partial charge in [-0.3, -0.25) is 0 Å². The molecule has 102 valence electrons. The van der Waals surface area contributed by atoms with Crippen molar-refractivity contribution in [3.05, 3.63) is 16.9 Å². The lowest BCUT2D eigenvalue weighted by molar-refractivity contribution is -0.136. The largest absolute Gasteiger partial charge is 0.488 e. The van der Waals surface area contributed by atoms with E-state index in [1.807, 2.05) is 0 Å². The number of anilines is 2. The van der Waals surface area contributed by atoms with Crippen molar-refractivity contribution in [2.45, 2.75) is 19.0 Å². The van der Waals surface area contributed by atoms with Gasteiger partial charge in [0.15, 0.2) is 11.6 Å². The number of benzene rings is 1. The molecule has 0 unspecified atom stereocenters. The zero-order valence-electron chi connectivity index (χ0n) is 9.15. The lowest BCUT2D eigenvalue weighted by Crippen LogP contribution is -2.11. The maximum absolute atomic E-state index is 13.5. The van der Waals surface area contributed by atoms with Gasteiger partial charge in [-0.2, -0.15) is 13.2 Å². The average Bonchev–Trinajstić information content (AvgIpc) is 2.23. The quantitative estimate of drug-likeness (QED) is 0.507. The minimum absolute atomic E-state index is 0.0608. The van der Waals surface area contributed by atoms with Gasteiger partial charge in [-0.1, -0.05) is 11.6 Å². The van der Waals surface area contributed by atoms with Crippen LogP contribution >= 0.6 is 11.6 Å². The molecule has 1 rings (SSSR count). The number of hydrogen-bond acceptors (Lipinski definition) is 3. The monoisotopic (exact) mass is 286 g/mol. The Morgan fingerprint density at radius 1 is 1.22 bits per heavy atom. The van der Waals surface area contributed by atoms with Gasteiger partial charge in [-0.05, 0) is 12.5 Å². The van der Waals surface area contributed by atoms with Crippen LogP contribution in [0.15, 0.2) is 6.07 Å². The molecule has 4 N–H and O–H groups in total. The molecular weight excluding hydrogens is 276 g/mol. The van der Waals surface area contributed by atoms with Crippen LogP contribution in [0.5, 0.6) is 5.75 Å². The topological polar surface area (TPSA) is 61.3 Å². The fourth-order valence-electron chi connectivity index (χ4n) is 1.24. The maximum Gasteiger partial charge on any atom is 0.389 e. The minimum atomic E-state index is -4.27. The van der Waals surface area contributed by atoms with Gasteiger partial charge < -0.3 is 16.2 Å². The highest BCUT2D eigenvalue weighted by molar-refractivity contribution is 6.33. The van der Waals surface area contributed by atoms with Gasteiger partial charge in [0.05, 0.1) is 18.0 Å². The highest BCUT2D eigenvalue weighted by Crippen LogP contribution is 2.35. The van der Waals surface area contributed by atoms with E-state index in [9.17, 15) is 17.6 Å². The number of nitrogens with two attached hydrogens (primary N) is 2. The first-order chi connectivity index (χ1) is 8.22. The summed E-state index contributed by atoms with van der Waals surface area (Å²) in [6, 6.07) is 1.19. The van der Waals surface area contributed by atoms with Crippen molar-refractivity contribution < 1.29 is 22.3 Å². The molecule has 0 radical (unpaired) electrons. The van der Waals surface area contributed by atoms with Crippen LogP contribution in [0.2, 0.25) is 5.02 Å². The molecule has 18 heavy (non-hydrogen) atoms. The van der Waals surface area contributed by atoms with Gasteiger partial charge in [-0.15, -0.1) is 0 Å². The van der Waals surface area contributed by atoms with Crippen molar-refractivity contribution in [1.29, 1.82) is 0 Å². The van der Waals surface area contributed by atoms with Crippen molar-refractivity contribution in [2.24, 2.45) is 0 Å². The van der Waals surface area contributed by atoms with Crippen molar-refractivity contribution >= 4 is 23.0 Å². The third kappa shape index (κ3) is 3.83. The third-order valence-electron chi connectivity index (χ3n) is 2.07. The molecule has 0 saturated heterocycles. The smallest absolute Gasteiger partial charge is 0.389 e. The molecule has 8 heteroatoms. The molecule has 0 aromatic heterocycles. The molecule has 0 amide bonds. The predicted octanol–water partition coefficient (Wildman–Crippen LogP) is 3.36. The predicted molar refractivity (Wildman–Crippen MR) is 61.0 cm³/mol. The standard InChI is InChI=1S/C10H11ClF4N2O/c11-7-5(16)4-6(17)9(8(7)12)18-3-1-2-10(13,14)15/h4H,1-3,16-17H2. The van der Waals surface area contributed by atoms with Gasteiger partial charge in [-0.25, -0.2) is 4.39 Å². The van der Waals surface area contributed by atoms with Crippen molar-refractivity contribution in [2.75, 3.05) is 18.1 Å². The molecule has 0 atom stereocenters. The van der Waals surface area contributed by atoms with Gasteiger partial charge in [0.25, 0.3) is 0 Å². The summed E-state index contributed by atoms with van der Waals surface area (Å²) in [6.07, 6.45) is -5.59. The lowest BCUT2D eigenvalue weighted by atomic mass is 10.2. The number of ether oxygens (including phenoxy) is 1. The van der Waals surface area contributed by atoms with Crippen LogP contribution in [-0.4, -0.2) is 12.8 Å². The number of alkyl halides is 3. The van der Waals surface area contributed by atoms with Crippen LogP contribution in [0, 0.1) is 5.82 Å². The fraction of sp³-hybridized carbons (Fsp3) is 0.400. The number of hydrogen-bond donors (Lipinski definition) is 2. The molecule has 3 nitrogen and oxygen atoms in total. The molecule has 0 bridgehead atoms. The van der Waals surface area contributed by atoms with Gasteiger partial charge in [0.2, 0.25) is 0 Å². The summed E-state index contributed by atoms with van der Waals surface area (Å²) in [5, 5.41) is -0.366. The average molecular weight is 287 g/mol. The van der Waals surface area contributed by atoms with Gasteiger partial charge in [0.1, 0.15) is 5.02 Å². The second-order valence-corrected chi connectivity index (χ2v) is 3.96. The molecule has 1 aromatic carbocycles. The Bertz CT molecular complexity index is 437. The van der Waals surface area contributed by atoms with E-state index in [0.717, 1.165) is 0 Å². The summed E-state index contributed by atoms with van der Waals surface area (Å²) in [5.41, 5.74) is 10.6. The van der Waals surface area contributed by atoms with E-state index < -0.39 is 18.4 Å². The van der Waals surface area contributed by atoms with Gasteiger partial charge in [0, 0.05) is 6.42 Å². The van der Waals surface area contributed by atoms with Crippen LogP contribution < -0.4 is 16.2 Å². The first kappa shape index (κ1) is 14.7. The van der Waals surface area contributed by atoms with E-state index in [0.29, 0.717) is 0 Å². The van der Waals surface area contributed by atoms with Crippen LogP contribution in [0.4, 0.5) is 28.9 Å². The normalized spacial score (nSPS) is 11.6. The molecular formula is C10H11ClF4N2O. The summed E-state index contributed by atoms with van der Waals surface area (Å²) in [7, 11) is 0. The Labute approximate surface area is 106 Å². The van der Waals surface area contributed by atoms with Crippen molar-refractivity contribution in [3.63, 3.8) is 0 Å². The third-order valence-corrected chi connectivity index (χ3v) is 2.45. The van der Waals surface area contributed by atoms with E-state index in [1.165, 1.54) is 6.07 Å². The van der Waals surface area contributed by atoms with E-state index in [4.69, 9.17) is 27.8 Å². The van der Waals surface area contributed by atoms with Crippen molar-refractivity contribution in [1.82, 2.24) is 0 Å². The van der Waals surface area contributed by atoms with Crippen LogP contribution in [0.25, 0.3) is 0 Å². The maximum atomic E-state index is 13.5. The number of halogens is 5. The summed E-state index contributed by atoms with van der Waals surface area (Å²) in [4.78, 5) is 0. The molecule has 0 spiro atoms. The summed E-state index contributed by atoms with van der Waals surface area (Å²) in [6.45, 7) is -0.319. The lowest BCUT2D eigenvalue weighted by Gasteiger charge is -2.12. The zero-order chi connectivity index (χ0) is 13.9. The number of rotatable bonds is 4. The Hall–Kier alpha value is -1.37. The molecule has 0 aliphatic heterocycles. The summed E-state index contributed by atoms with van der Waals surface area (Å²) < 4.78 is 54.0. The van der Waals surface area contributed by atoms with Crippen molar-refractivity contribution in [3.8, 4) is 5.75 Å². The Kier molecular flexibility index (Phi) is 4.50. The Morgan fingerprint density at radius 3 is 2.39 bits per heavy atom. The second kappa shape index (κ2) is 5.51. The highest BCUT2D eigenvalue weighted by atomic mass is 35.5. The molecule has 0 fully saturated rings. The van der Waals surface area contributed by atoms with E-state index >= 15 is 0 Å². The zero-order valence-corrected chi connectivity index (χ0v) is 9.91. The van der Waals surface area contributed by atoms with Gasteiger partial charge >= 0.3 is 6.18 Å². The molecule has 1 aromatic rings. The first-order valence-corrected chi connectivity index (χ1v) is 5.32. The fourth-order valence-corrected chi connectivity index (χ4v) is 1.38. The molecule has 0 heterocycles. The Balaban J connectivity index is 2.66. The van der Waals surface area contributed by atoms with Crippen LogP contribution in [-0.2, 0) is 0 Å². The molecule has 0 aliphatic rings.